The number of furan rings is 1. The van der Waals surface area contributed by atoms with Gasteiger partial charge in [0.15, 0.2) is 0 Å². The lowest BCUT2D eigenvalue weighted by atomic mass is 10.2. The van der Waals surface area contributed by atoms with Gasteiger partial charge in [0.05, 0.1) is 13.2 Å². The van der Waals surface area contributed by atoms with Gasteiger partial charge in [0.25, 0.3) is 0 Å². The Morgan fingerprint density at radius 2 is 1.95 bits per heavy atom. The van der Waals surface area contributed by atoms with E-state index in [1.54, 1.807) is 0 Å². The number of rotatable bonds is 5. The van der Waals surface area contributed by atoms with Gasteiger partial charge >= 0.3 is 0 Å². The molecular weight excluding hydrogens is 238 g/mol. The first-order chi connectivity index (χ1) is 9.26. The molecule has 0 radical (unpaired) electrons. The maximum atomic E-state index is 8.98. The van der Waals surface area contributed by atoms with E-state index in [-0.39, 0.29) is 6.61 Å². The summed E-state index contributed by atoms with van der Waals surface area (Å²) in [5.74, 6) is 3.51. The third-order valence-corrected chi connectivity index (χ3v) is 3.76. The van der Waals surface area contributed by atoms with Crippen molar-refractivity contribution in [2.24, 2.45) is 5.92 Å². The first-order valence-corrected chi connectivity index (χ1v) is 6.78. The molecule has 3 nitrogen and oxygen atoms in total. The number of aliphatic hydroxyl groups excluding tert-OH is 1. The van der Waals surface area contributed by atoms with Crippen molar-refractivity contribution in [3.05, 3.63) is 53.5 Å². The van der Waals surface area contributed by atoms with E-state index in [9.17, 15) is 0 Å². The summed E-state index contributed by atoms with van der Waals surface area (Å²) < 4.78 is 5.84. The molecule has 3 heteroatoms. The molecule has 100 valence electrons. The summed E-state index contributed by atoms with van der Waals surface area (Å²) in [6.45, 7) is 3.04. The minimum absolute atomic E-state index is 0.0847. The molecule has 0 aliphatic heterocycles. The summed E-state index contributed by atoms with van der Waals surface area (Å²) in [6, 6.07) is 11.9. The number of aliphatic hydroxyl groups is 1. The Hall–Kier alpha value is -1.74. The van der Waals surface area contributed by atoms with Crippen LogP contribution in [0.4, 0.5) is 5.69 Å². The molecule has 2 aromatic rings. The molecule has 1 aromatic carbocycles. The maximum Gasteiger partial charge on any atom is 0.123 e. The Kier molecular flexibility index (Phi) is 3.30. The average molecular weight is 257 g/mol. The highest BCUT2D eigenvalue weighted by Crippen LogP contribution is 2.47. The maximum absolute atomic E-state index is 8.98. The molecule has 0 spiro atoms. The van der Waals surface area contributed by atoms with Gasteiger partial charge in [-0.05, 0) is 42.2 Å². The van der Waals surface area contributed by atoms with Crippen molar-refractivity contribution in [3.63, 3.8) is 0 Å². The fourth-order valence-electron chi connectivity index (χ4n) is 2.32. The van der Waals surface area contributed by atoms with Crippen LogP contribution in [0.15, 0.2) is 40.8 Å². The van der Waals surface area contributed by atoms with E-state index in [2.05, 4.69) is 24.4 Å². The Bertz CT molecular complexity index is 544. The second-order valence-electron chi connectivity index (χ2n) is 5.33. The molecule has 0 saturated heterocycles. The largest absolute Gasteiger partial charge is 0.464 e. The molecule has 19 heavy (non-hydrogen) atoms. The van der Waals surface area contributed by atoms with E-state index >= 15 is 0 Å². The minimum Gasteiger partial charge on any atom is -0.464 e. The minimum atomic E-state index is 0.0847. The zero-order valence-corrected chi connectivity index (χ0v) is 11.1. The van der Waals surface area contributed by atoms with Crippen molar-refractivity contribution in [2.75, 3.05) is 5.32 Å². The van der Waals surface area contributed by atoms with Crippen LogP contribution in [-0.4, -0.2) is 5.11 Å². The first kappa shape index (κ1) is 12.3. The standard InChI is InChI=1S/C16H19NO2/c1-11-8-15(11)16-7-6-14(19-16)9-17-13-4-2-12(10-18)3-5-13/h2-7,11,15,17-18H,8-10H2,1H3. The summed E-state index contributed by atoms with van der Waals surface area (Å²) in [7, 11) is 0. The summed E-state index contributed by atoms with van der Waals surface area (Å²) in [5, 5.41) is 12.3. The van der Waals surface area contributed by atoms with Gasteiger partial charge in [-0.25, -0.2) is 0 Å². The van der Waals surface area contributed by atoms with Crippen LogP contribution in [0.5, 0.6) is 0 Å². The third kappa shape index (κ3) is 2.82. The van der Waals surface area contributed by atoms with Gasteiger partial charge in [-0.2, -0.15) is 0 Å². The molecule has 1 heterocycles. The molecule has 3 rings (SSSR count). The summed E-state index contributed by atoms with van der Waals surface area (Å²) in [4.78, 5) is 0. The van der Waals surface area contributed by atoms with E-state index in [0.29, 0.717) is 12.5 Å². The quantitative estimate of drug-likeness (QED) is 0.861. The molecule has 1 aliphatic rings. The fraction of sp³-hybridized carbons (Fsp3) is 0.375. The first-order valence-electron chi connectivity index (χ1n) is 6.78. The highest BCUT2D eigenvalue weighted by Gasteiger charge is 2.36. The fourth-order valence-corrected chi connectivity index (χ4v) is 2.32. The highest BCUT2D eigenvalue weighted by molar-refractivity contribution is 5.44. The van der Waals surface area contributed by atoms with Crippen molar-refractivity contribution in [3.8, 4) is 0 Å². The van der Waals surface area contributed by atoms with Crippen LogP contribution >= 0.6 is 0 Å². The Labute approximate surface area is 113 Å². The lowest BCUT2D eigenvalue weighted by Gasteiger charge is -2.05. The SMILES string of the molecule is CC1CC1c1ccc(CNc2ccc(CO)cc2)o1. The normalized spacial score (nSPS) is 21.4. The predicted octanol–water partition coefficient (Wildman–Crippen LogP) is 3.51. The van der Waals surface area contributed by atoms with Gasteiger partial charge in [-0.15, -0.1) is 0 Å². The van der Waals surface area contributed by atoms with Gasteiger partial charge in [0.1, 0.15) is 11.5 Å². The van der Waals surface area contributed by atoms with Crippen LogP contribution in [0.3, 0.4) is 0 Å². The molecule has 1 saturated carbocycles. The van der Waals surface area contributed by atoms with Crippen LogP contribution in [0, 0.1) is 5.92 Å². The predicted molar refractivity (Wildman–Crippen MR) is 74.9 cm³/mol. The summed E-state index contributed by atoms with van der Waals surface area (Å²) in [6.07, 6.45) is 1.25. The smallest absolute Gasteiger partial charge is 0.123 e. The molecular formula is C16H19NO2. The molecule has 1 aromatic heterocycles. The third-order valence-electron chi connectivity index (χ3n) is 3.76. The number of anilines is 1. The van der Waals surface area contributed by atoms with Crippen LogP contribution < -0.4 is 5.32 Å². The number of hydrogen-bond acceptors (Lipinski definition) is 3. The average Bonchev–Trinajstić information content (AvgIpc) is 3.00. The van der Waals surface area contributed by atoms with Crippen molar-refractivity contribution >= 4 is 5.69 Å². The molecule has 1 fully saturated rings. The van der Waals surface area contributed by atoms with E-state index in [1.165, 1.54) is 6.42 Å². The molecule has 2 N–H and O–H groups in total. The van der Waals surface area contributed by atoms with Crippen LogP contribution in [0.2, 0.25) is 0 Å². The molecule has 2 unspecified atom stereocenters. The van der Waals surface area contributed by atoms with Crippen LogP contribution in [-0.2, 0) is 13.2 Å². The van der Waals surface area contributed by atoms with E-state index < -0.39 is 0 Å². The number of hydrogen-bond donors (Lipinski definition) is 2. The van der Waals surface area contributed by atoms with Gasteiger partial charge in [-0.3, -0.25) is 0 Å². The van der Waals surface area contributed by atoms with Gasteiger partial charge in [0, 0.05) is 11.6 Å². The topological polar surface area (TPSA) is 45.4 Å². The van der Waals surface area contributed by atoms with Crippen molar-refractivity contribution in [1.29, 1.82) is 0 Å². The number of nitrogens with one attached hydrogen (secondary N) is 1. The van der Waals surface area contributed by atoms with Crippen LogP contribution in [0.1, 0.15) is 36.3 Å². The second kappa shape index (κ2) is 5.10. The monoisotopic (exact) mass is 257 g/mol. The highest BCUT2D eigenvalue weighted by atomic mass is 16.3. The second-order valence-corrected chi connectivity index (χ2v) is 5.33. The Morgan fingerprint density at radius 1 is 1.21 bits per heavy atom. The molecule has 0 bridgehead atoms. The number of benzene rings is 1. The Balaban J connectivity index is 1.57. The van der Waals surface area contributed by atoms with Gasteiger partial charge < -0.3 is 14.8 Å². The zero-order chi connectivity index (χ0) is 13.2. The van der Waals surface area contributed by atoms with Gasteiger partial charge in [-0.1, -0.05) is 19.1 Å². The van der Waals surface area contributed by atoms with E-state index in [4.69, 9.17) is 9.52 Å². The molecule has 0 amide bonds. The summed E-state index contributed by atoms with van der Waals surface area (Å²) in [5.41, 5.74) is 1.96. The van der Waals surface area contributed by atoms with Gasteiger partial charge in [0.2, 0.25) is 0 Å². The van der Waals surface area contributed by atoms with Crippen molar-refractivity contribution < 1.29 is 9.52 Å². The molecule has 2 atom stereocenters. The van der Waals surface area contributed by atoms with E-state index in [1.807, 2.05) is 24.3 Å². The Morgan fingerprint density at radius 3 is 2.58 bits per heavy atom. The zero-order valence-electron chi connectivity index (χ0n) is 11.1. The summed E-state index contributed by atoms with van der Waals surface area (Å²) >= 11 is 0. The van der Waals surface area contributed by atoms with E-state index in [0.717, 1.165) is 28.7 Å². The van der Waals surface area contributed by atoms with Crippen molar-refractivity contribution in [2.45, 2.75) is 32.4 Å². The lowest BCUT2D eigenvalue weighted by molar-refractivity contribution is 0.282. The van der Waals surface area contributed by atoms with Crippen molar-refractivity contribution in [1.82, 2.24) is 0 Å². The molecule has 1 aliphatic carbocycles. The van der Waals surface area contributed by atoms with Crippen LogP contribution in [0.25, 0.3) is 0 Å². The lowest BCUT2D eigenvalue weighted by Crippen LogP contribution is -1.98.